The second-order valence-electron chi connectivity index (χ2n) is 5.27. The van der Waals surface area contributed by atoms with Crippen LogP contribution < -0.4 is 0 Å². The zero-order valence-electron chi connectivity index (χ0n) is 11.1. The average Bonchev–Trinajstić information content (AvgIpc) is 2.08. The predicted octanol–water partition coefficient (Wildman–Crippen LogP) is 5.10. The fourth-order valence-corrected chi connectivity index (χ4v) is 2.55. The van der Waals surface area contributed by atoms with Crippen LogP contribution in [0.15, 0.2) is 12.3 Å². The number of rotatable bonds is 9. The first-order valence-corrected chi connectivity index (χ1v) is 9.73. The third-order valence-electron chi connectivity index (χ3n) is 2.26. The van der Waals surface area contributed by atoms with Crippen molar-refractivity contribution in [1.29, 1.82) is 0 Å². The molecule has 0 aromatic heterocycles. The molecule has 0 rings (SSSR count). The van der Waals surface area contributed by atoms with Gasteiger partial charge in [-0.2, -0.15) is 0 Å². The average molecular weight is 228 g/mol. The Hall–Kier alpha value is -0.243. The molecule has 0 aliphatic heterocycles. The van der Waals surface area contributed by atoms with Crippen LogP contribution in [0.3, 0.4) is 0 Å². The Morgan fingerprint density at radius 2 is 1.53 bits per heavy atom. The first-order valence-electron chi connectivity index (χ1n) is 6.32. The van der Waals surface area contributed by atoms with Gasteiger partial charge in [-0.15, -0.1) is 0 Å². The van der Waals surface area contributed by atoms with E-state index in [2.05, 4.69) is 33.1 Å². The summed E-state index contributed by atoms with van der Waals surface area (Å²) < 4.78 is 5.81. The topological polar surface area (TPSA) is 9.23 Å². The molecule has 0 aliphatic carbocycles. The third-order valence-corrected chi connectivity index (χ3v) is 3.16. The SMILES string of the molecule is C=C(CCCCCCCC)O[Si](C)(C)C. The molecule has 90 valence electrons. The lowest BCUT2D eigenvalue weighted by Crippen LogP contribution is -2.24. The van der Waals surface area contributed by atoms with Crippen LogP contribution in [0.4, 0.5) is 0 Å². The first kappa shape index (κ1) is 14.8. The van der Waals surface area contributed by atoms with Gasteiger partial charge in [-0.25, -0.2) is 0 Å². The summed E-state index contributed by atoms with van der Waals surface area (Å²) in [6.07, 6.45) is 9.08. The van der Waals surface area contributed by atoms with E-state index in [1.54, 1.807) is 0 Å². The van der Waals surface area contributed by atoms with Crippen LogP contribution in [0.25, 0.3) is 0 Å². The highest BCUT2D eigenvalue weighted by Gasteiger charge is 2.16. The number of hydrogen-bond acceptors (Lipinski definition) is 1. The molecule has 0 amide bonds. The van der Waals surface area contributed by atoms with Crippen molar-refractivity contribution in [1.82, 2.24) is 0 Å². The van der Waals surface area contributed by atoms with E-state index in [0.29, 0.717) is 0 Å². The van der Waals surface area contributed by atoms with Gasteiger partial charge >= 0.3 is 0 Å². The summed E-state index contributed by atoms with van der Waals surface area (Å²) in [6.45, 7) is 12.9. The van der Waals surface area contributed by atoms with Gasteiger partial charge < -0.3 is 4.43 Å². The molecule has 0 atom stereocenters. The minimum Gasteiger partial charge on any atom is -0.548 e. The number of hydrogen-bond donors (Lipinski definition) is 0. The molecule has 15 heavy (non-hydrogen) atoms. The Balaban J connectivity index is 3.32. The van der Waals surface area contributed by atoms with Crippen molar-refractivity contribution in [2.75, 3.05) is 0 Å². The summed E-state index contributed by atoms with van der Waals surface area (Å²) in [6, 6.07) is 0. The highest BCUT2D eigenvalue weighted by molar-refractivity contribution is 6.70. The number of unbranched alkanes of at least 4 members (excludes halogenated alkanes) is 5. The maximum absolute atomic E-state index is 5.81. The maximum atomic E-state index is 5.81. The Labute approximate surface area is 97.0 Å². The third kappa shape index (κ3) is 11.7. The lowest BCUT2D eigenvalue weighted by Gasteiger charge is -2.20. The Morgan fingerprint density at radius 3 is 2.07 bits per heavy atom. The van der Waals surface area contributed by atoms with Gasteiger partial charge in [0.1, 0.15) is 0 Å². The summed E-state index contributed by atoms with van der Waals surface area (Å²) in [5, 5.41) is 0. The van der Waals surface area contributed by atoms with E-state index >= 15 is 0 Å². The van der Waals surface area contributed by atoms with Crippen LogP contribution in [0.1, 0.15) is 51.9 Å². The lowest BCUT2D eigenvalue weighted by molar-refractivity contribution is 0.394. The molecule has 0 N–H and O–H groups in total. The summed E-state index contributed by atoms with van der Waals surface area (Å²) >= 11 is 0. The first-order chi connectivity index (χ1) is 6.95. The molecular formula is C13H28OSi. The van der Waals surface area contributed by atoms with Crippen LogP contribution in [0.5, 0.6) is 0 Å². The lowest BCUT2D eigenvalue weighted by atomic mass is 10.1. The van der Waals surface area contributed by atoms with Gasteiger partial charge in [-0.05, 0) is 26.1 Å². The van der Waals surface area contributed by atoms with E-state index in [1.807, 2.05) is 0 Å². The van der Waals surface area contributed by atoms with Crippen molar-refractivity contribution in [3.05, 3.63) is 12.3 Å². The van der Waals surface area contributed by atoms with E-state index in [-0.39, 0.29) is 0 Å². The Morgan fingerprint density at radius 1 is 1.00 bits per heavy atom. The van der Waals surface area contributed by atoms with Crippen LogP contribution in [0.2, 0.25) is 19.6 Å². The quantitative estimate of drug-likeness (QED) is 0.303. The molecular weight excluding hydrogens is 200 g/mol. The van der Waals surface area contributed by atoms with E-state index in [0.717, 1.165) is 12.2 Å². The van der Waals surface area contributed by atoms with Gasteiger partial charge in [0.15, 0.2) is 0 Å². The molecule has 0 saturated carbocycles. The summed E-state index contributed by atoms with van der Waals surface area (Å²) in [7, 11) is -1.40. The molecule has 0 radical (unpaired) electrons. The predicted molar refractivity (Wildman–Crippen MR) is 71.6 cm³/mol. The molecule has 0 aromatic rings. The summed E-state index contributed by atoms with van der Waals surface area (Å²) in [5.41, 5.74) is 0. The van der Waals surface area contributed by atoms with Gasteiger partial charge in [0, 0.05) is 6.42 Å². The van der Waals surface area contributed by atoms with Gasteiger partial charge in [0.25, 0.3) is 0 Å². The minimum atomic E-state index is -1.40. The normalized spacial score (nSPS) is 11.5. The van der Waals surface area contributed by atoms with Crippen molar-refractivity contribution in [2.24, 2.45) is 0 Å². The van der Waals surface area contributed by atoms with E-state index < -0.39 is 8.32 Å². The maximum Gasteiger partial charge on any atom is 0.241 e. The van der Waals surface area contributed by atoms with Crippen LogP contribution in [-0.2, 0) is 4.43 Å². The van der Waals surface area contributed by atoms with E-state index in [4.69, 9.17) is 4.43 Å². The van der Waals surface area contributed by atoms with Crippen LogP contribution in [0, 0.1) is 0 Å². The van der Waals surface area contributed by atoms with Crippen molar-refractivity contribution in [3.8, 4) is 0 Å². The molecule has 2 heteroatoms. The molecule has 0 aliphatic rings. The summed E-state index contributed by atoms with van der Waals surface area (Å²) in [4.78, 5) is 0. The molecule has 0 unspecified atom stereocenters. The summed E-state index contributed by atoms with van der Waals surface area (Å²) in [5.74, 6) is 1.00. The molecule has 0 aromatic carbocycles. The minimum absolute atomic E-state index is 1.00. The Bertz CT molecular complexity index is 170. The van der Waals surface area contributed by atoms with Gasteiger partial charge in [-0.1, -0.05) is 45.6 Å². The van der Waals surface area contributed by atoms with Gasteiger partial charge in [-0.3, -0.25) is 0 Å². The standard InChI is InChI=1S/C13H28OSi/c1-6-7-8-9-10-11-12-13(2)14-15(3,4)5/h2,6-12H2,1,3-5H3. The van der Waals surface area contributed by atoms with Crippen LogP contribution >= 0.6 is 0 Å². The van der Waals surface area contributed by atoms with Crippen molar-refractivity contribution >= 4 is 8.32 Å². The smallest absolute Gasteiger partial charge is 0.241 e. The van der Waals surface area contributed by atoms with E-state index in [1.165, 1.54) is 38.5 Å². The fraction of sp³-hybridized carbons (Fsp3) is 0.846. The van der Waals surface area contributed by atoms with Gasteiger partial charge in [0.2, 0.25) is 8.32 Å². The second-order valence-corrected chi connectivity index (χ2v) is 9.70. The largest absolute Gasteiger partial charge is 0.548 e. The monoisotopic (exact) mass is 228 g/mol. The van der Waals surface area contributed by atoms with Crippen LogP contribution in [-0.4, -0.2) is 8.32 Å². The highest BCUT2D eigenvalue weighted by atomic mass is 28.4. The molecule has 0 spiro atoms. The molecule has 0 saturated heterocycles. The Kier molecular flexibility index (Phi) is 7.84. The van der Waals surface area contributed by atoms with E-state index in [9.17, 15) is 0 Å². The zero-order chi connectivity index (χ0) is 11.7. The molecule has 0 heterocycles. The van der Waals surface area contributed by atoms with Gasteiger partial charge in [0.05, 0.1) is 5.76 Å². The van der Waals surface area contributed by atoms with Crippen molar-refractivity contribution < 1.29 is 4.43 Å². The van der Waals surface area contributed by atoms with Crippen molar-refractivity contribution in [3.63, 3.8) is 0 Å². The number of allylic oxidation sites excluding steroid dienone is 1. The fourth-order valence-electron chi connectivity index (χ4n) is 1.59. The second kappa shape index (κ2) is 7.97. The molecule has 1 nitrogen and oxygen atoms in total. The zero-order valence-corrected chi connectivity index (χ0v) is 12.1. The molecule has 0 fully saturated rings. The van der Waals surface area contributed by atoms with Crippen molar-refractivity contribution in [2.45, 2.75) is 71.5 Å². The highest BCUT2D eigenvalue weighted by Crippen LogP contribution is 2.15. The molecule has 0 bridgehead atoms.